The fraction of sp³-hybridized carbons (Fsp3) is 0.312. The standard InChI is InChI=1S/C16H14F2N2O2S/c1-16(2)5-11(21)9(12(22)6-16)7-19-15-20-14-10(18)3-8(17)4-13(14)23-15/h3-4,7,21H,5-6H2,1-2H3/b19-7+. The number of nitrogens with zero attached hydrogens (tertiary/aromatic N) is 2. The molecule has 0 amide bonds. The summed E-state index contributed by atoms with van der Waals surface area (Å²) in [5.74, 6) is -1.64. The van der Waals surface area contributed by atoms with Gasteiger partial charge in [-0.3, -0.25) is 4.79 Å². The molecule has 1 aliphatic rings. The lowest BCUT2D eigenvalue weighted by molar-refractivity contribution is -0.117. The lowest BCUT2D eigenvalue weighted by Gasteiger charge is -2.28. The first-order chi connectivity index (χ1) is 10.7. The van der Waals surface area contributed by atoms with E-state index in [9.17, 15) is 18.7 Å². The normalized spacial score (nSPS) is 18.3. The van der Waals surface area contributed by atoms with Crippen molar-refractivity contribution in [1.82, 2.24) is 4.98 Å². The highest BCUT2D eigenvalue weighted by molar-refractivity contribution is 7.22. The molecule has 7 heteroatoms. The predicted octanol–water partition coefficient (Wildman–Crippen LogP) is 4.48. The smallest absolute Gasteiger partial charge is 0.210 e. The number of thiazole rings is 1. The number of carbonyl (C=O) groups excluding carboxylic acids is 1. The number of allylic oxidation sites excluding steroid dienone is 2. The van der Waals surface area contributed by atoms with Crippen molar-refractivity contribution in [1.29, 1.82) is 0 Å². The third-order valence-corrected chi connectivity index (χ3v) is 4.51. The van der Waals surface area contributed by atoms with Crippen LogP contribution in [0.4, 0.5) is 13.9 Å². The third kappa shape index (κ3) is 3.14. The Labute approximate surface area is 135 Å². The molecule has 3 rings (SSSR count). The van der Waals surface area contributed by atoms with Gasteiger partial charge >= 0.3 is 0 Å². The number of halogens is 2. The maximum Gasteiger partial charge on any atom is 0.210 e. The second kappa shape index (κ2) is 5.49. The van der Waals surface area contributed by atoms with Crippen molar-refractivity contribution in [2.45, 2.75) is 26.7 Å². The van der Waals surface area contributed by atoms with E-state index in [0.717, 1.165) is 17.4 Å². The summed E-state index contributed by atoms with van der Waals surface area (Å²) in [6, 6.07) is 1.94. The van der Waals surface area contributed by atoms with Gasteiger partial charge in [0.25, 0.3) is 0 Å². The fourth-order valence-corrected chi connectivity index (χ4v) is 3.42. The largest absolute Gasteiger partial charge is 0.511 e. The van der Waals surface area contributed by atoms with Crippen molar-refractivity contribution >= 4 is 38.7 Å². The van der Waals surface area contributed by atoms with E-state index in [-0.39, 0.29) is 33.2 Å². The summed E-state index contributed by atoms with van der Waals surface area (Å²) in [4.78, 5) is 20.1. The van der Waals surface area contributed by atoms with Crippen molar-refractivity contribution in [2.24, 2.45) is 10.4 Å². The summed E-state index contributed by atoms with van der Waals surface area (Å²) in [6.45, 7) is 3.81. The molecule has 0 radical (unpaired) electrons. The molecule has 1 aromatic heterocycles. The van der Waals surface area contributed by atoms with Crippen LogP contribution in [0.3, 0.4) is 0 Å². The minimum Gasteiger partial charge on any atom is -0.511 e. The van der Waals surface area contributed by atoms with E-state index in [1.54, 1.807) is 0 Å². The monoisotopic (exact) mass is 336 g/mol. The number of ketones is 1. The summed E-state index contributed by atoms with van der Waals surface area (Å²) in [5.41, 5.74) is -0.0947. The molecule has 0 atom stereocenters. The van der Waals surface area contributed by atoms with Gasteiger partial charge in [0.1, 0.15) is 17.1 Å². The number of Topliss-reactive ketones (excluding diaryl/α,β-unsaturated/α-hetero) is 1. The van der Waals surface area contributed by atoms with Crippen LogP contribution in [-0.2, 0) is 4.79 Å². The predicted molar refractivity (Wildman–Crippen MR) is 85.4 cm³/mol. The van der Waals surface area contributed by atoms with Crippen LogP contribution >= 0.6 is 11.3 Å². The zero-order valence-electron chi connectivity index (χ0n) is 12.6. The summed E-state index contributed by atoms with van der Waals surface area (Å²) >= 11 is 1.01. The summed E-state index contributed by atoms with van der Waals surface area (Å²) < 4.78 is 27.1. The van der Waals surface area contributed by atoms with Gasteiger partial charge in [-0.05, 0) is 11.5 Å². The van der Waals surface area contributed by atoms with Gasteiger partial charge in [-0.25, -0.2) is 18.8 Å². The second-order valence-corrected chi connectivity index (χ2v) is 7.30. The Morgan fingerprint density at radius 2 is 2.09 bits per heavy atom. The molecule has 1 aliphatic carbocycles. The summed E-state index contributed by atoms with van der Waals surface area (Å²) in [6.07, 6.45) is 1.96. The van der Waals surface area contributed by atoms with Crippen LogP contribution in [0.25, 0.3) is 10.2 Å². The van der Waals surface area contributed by atoms with Crippen molar-refractivity contribution in [3.8, 4) is 0 Å². The van der Waals surface area contributed by atoms with Crippen LogP contribution in [0.1, 0.15) is 26.7 Å². The highest BCUT2D eigenvalue weighted by atomic mass is 32.1. The topological polar surface area (TPSA) is 62.5 Å². The van der Waals surface area contributed by atoms with Crippen LogP contribution in [0.15, 0.2) is 28.5 Å². The van der Waals surface area contributed by atoms with Gasteiger partial charge in [-0.1, -0.05) is 25.2 Å². The molecule has 0 saturated carbocycles. The second-order valence-electron chi connectivity index (χ2n) is 6.29. The number of aromatic nitrogens is 1. The van der Waals surface area contributed by atoms with Gasteiger partial charge in [0, 0.05) is 25.1 Å². The fourth-order valence-electron chi connectivity index (χ4n) is 2.57. The number of aliphatic hydroxyl groups is 1. The highest BCUT2D eigenvalue weighted by Crippen LogP contribution is 2.36. The van der Waals surface area contributed by atoms with Crippen LogP contribution in [0.2, 0.25) is 0 Å². The van der Waals surface area contributed by atoms with Gasteiger partial charge in [0.15, 0.2) is 11.6 Å². The lowest BCUT2D eigenvalue weighted by Crippen LogP contribution is -2.26. The van der Waals surface area contributed by atoms with E-state index in [1.807, 2.05) is 13.8 Å². The molecule has 0 spiro atoms. The molecule has 0 bridgehead atoms. The number of carbonyl (C=O) groups is 1. The van der Waals surface area contributed by atoms with E-state index in [1.165, 1.54) is 12.3 Å². The van der Waals surface area contributed by atoms with Gasteiger partial charge in [-0.2, -0.15) is 0 Å². The zero-order chi connectivity index (χ0) is 16.8. The maximum absolute atomic E-state index is 13.6. The molecule has 1 aromatic carbocycles. The molecule has 2 aromatic rings. The Bertz CT molecular complexity index is 868. The molecule has 0 fully saturated rings. The molecule has 0 unspecified atom stereocenters. The quantitative estimate of drug-likeness (QED) is 0.823. The lowest BCUT2D eigenvalue weighted by atomic mass is 9.77. The number of hydrogen-bond donors (Lipinski definition) is 1. The average Bonchev–Trinajstić information content (AvgIpc) is 2.79. The maximum atomic E-state index is 13.6. The first-order valence-corrected chi connectivity index (χ1v) is 7.82. The van der Waals surface area contributed by atoms with Crippen molar-refractivity contribution in [3.05, 3.63) is 35.1 Å². The number of aliphatic hydroxyl groups excluding tert-OH is 1. The molecule has 0 aliphatic heterocycles. The van der Waals surface area contributed by atoms with E-state index in [4.69, 9.17) is 0 Å². The molecule has 1 heterocycles. The SMILES string of the molecule is CC1(C)CC(=O)C(/C=N/c2nc3c(F)cc(F)cc3s2)=C(O)C1. The van der Waals surface area contributed by atoms with Crippen LogP contribution < -0.4 is 0 Å². The first kappa shape index (κ1) is 15.7. The van der Waals surface area contributed by atoms with Crippen molar-refractivity contribution in [2.75, 3.05) is 0 Å². The Morgan fingerprint density at radius 3 is 2.78 bits per heavy atom. The number of hydrogen-bond acceptors (Lipinski definition) is 5. The summed E-state index contributed by atoms with van der Waals surface area (Å²) in [7, 11) is 0. The number of fused-ring (bicyclic) bond motifs is 1. The Morgan fingerprint density at radius 1 is 1.35 bits per heavy atom. The molecule has 1 N–H and O–H groups in total. The molecule has 120 valence electrons. The Balaban J connectivity index is 1.94. The van der Waals surface area contributed by atoms with Gasteiger partial charge in [0.2, 0.25) is 5.13 Å². The van der Waals surface area contributed by atoms with E-state index >= 15 is 0 Å². The Hall–Kier alpha value is -2.15. The van der Waals surface area contributed by atoms with Crippen molar-refractivity contribution < 1.29 is 18.7 Å². The van der Waals surface area contributed by atoms with Crippen LogP contribution in [0.5, 0.6) is 0 Å². The van der Waals surface area contributed by atoms with Gasteiger partial charge in [-0.15, -0.1) is 0 Å². The van der Waals surface area contributed by atoms with Crippen LogP contribution in [0, 0.1) is 17.0 Å². The minimum absolute atomic E-state index is 0.00617. The number of rotatable bonds is 2. The number of benzene rings is 1. The molecule has 0 saturated heterocycles. The average molecular weight is 336 g/mol. The third-order valence-electron chi connectivity index (χ3n) is 3.60. The van der Waals surface area contributed by atoms with E-state index in [2.05, 4.69) is 9.98 Å². The molecule has 4 nitrogen and oxygen atoms in total. The van der Waals surface area contributed by atoms with Crippen molar-refractivity contribution in [3.63, 3.8) is 0 Å². The van der Waals surface area contributed by atoms with E-state index in [0.29, 0.717) is 17.5 Å². The minimum atomic E-state index is -0.754. The molecular weight excluding hydrogens is 322 g/mol. The molecule has 23 heavy (non-hydrogen) atoms. The van der Waals surface area contributed by atoms with Crippen LogP contribution in [-0.4, -0.2) is 22.1 Å². The van der Waals surface area contributed by atoms with E-state index < -0.39 is 11.6 Å². The Kier molecular flexibility index (Phi) is 3.75. The van der Waals surface area contributed by atoms with Gasteiger partial charge < -0.3 is 5.11 Å². The molecular formula is C16H14F2N2O2S. The van der Waals surface area contributed by atoms with Gasteiger partial charge in [0.05, 0.1) is 10.3 Å². The summed E-state index contributed by atoms with van der Waals surface area (Å²) in [5, 5.41) is 10.2. The first-order valence-electron chi connectivity index (χ1n) is 7.00. The zero-order valence-corrected chi connectivity index (χ0v) is 13.4. The number of aliphatic imine (C=N–C) groups is 1. The highest BCUT2D eigenvalue weighted by Gasteiger charge is 2.32.